The second kappa shape index (κ2) is 7.10. The topological polar surface area (TPSA) is 51.2 Å². The zero-order chi connectivity index (χ0) is 16.2. The summed E-state index contributed by atoms with van der Waals surface area (Å²) in [6.45, 7) is 2.14. The van der Waals surface area contributed by atoms with Crippen LogP contribution in [0.2, 0.25) is 0 Å². The molecule has 0 fully saturated rings. The molecule has 1 N–H and O–H groups in total. The minimum atomic E-state index is -0.564. The average Bonchev–Trinajstić information content (AvgIpc) is 2.97. The molecule has 0 saturated heterocycles. The van der Waals surface area contributed by atoms with Crippen molar-refractivity contribution >= 4 is 43.4 Å². The maximum Gasteiger partial charge on any atom is 0.261 e. The second-order valence-electron chi connectivity index (χ2n) is 5.01. The number of benzene rings is 2. The van der Waals surface area contributed by atoms with Gasteiger partial charge in [-0.05, 0) is 43.3 Å². The number of thiazole rings is 1. The first-order chi connectivity index (χ1) is 11.1. The lowest BCUT2D eigenvalue weighted by Gasteiger charge is -2.14. The van der Waals surface area contributed by atoms with Crippen molar-refractivity contribution in [2.45, 2.75) is 19.6 Å². The molecule has 1 aromatic heterocycles. The molecule has 0 radical (unpaired) electrons. The highest BCUT2D eigenvalue weighted by molar-refractivity contribution is 9.10. The Morgan fingerprint density at radius 3 is 2.74 bits per heavy atom. The molecule has 3 rings (SSSR count). The summed E-state index contributed by atoms with van der Waals surface area (Å²) in [6.07, 6.45) is -0.564. The largest absolute Gasteiger partial charge is 0.481 e. The summed E-state index contributed by atoms with van der Waals surface area (Å²) in [4.78, 5) is 16.6. The molecule has 1 atom stereocenters. The smallest absolute Gasteiger partial charge is 0.261 e. The van der Waals surface area contributed by atoms with Gasteiger partial charge in [-0.25, -0.2) is 4.98 Å². The lowest BCUT2D eigenvalue weighted by atomic mass is 10.3. The van der Waals surface area contributed by atoms with Gasteiger partial charge in [-0.1, -0.05) is 28.1 Å². The van der Waals surface area contributed by atoms with E-state index in [1.54, 1.807) is 18.3 Å². The van der Waals surface area contributed by atoms with Gasteiger partial charge in [0.2, 0.25) is 0 Å². The number of nitrogens with one attached hydrogen (secondary N) is 1. The lowest BCUT2D eigenvalue weighted by molar-refractivity contribution is -0.127. The van der Waals surface area contributed by atoms with E-state index < -0.39 is 6.10 Å². The summed E-state index contributed by atoms with van der Waals surface area (Å²) in [5, 5.41) is 3.75. The van der Waals surface area contributed by atoms with Crippen molar-refractivity contribution in [3.8, 4) is 5.75 Å². The summed E-state index contributed by atoms with van der Waals surface area (Å²) < 4.78 is 7.72. The van der Waals surface area contributed by atoms with E-state index in [0.717, 1.165) is 19.7 Å². The van der Waals surface area contributed by atoms with Gasteiger partial charge in [0, 0.05) is 4.47 Å². The van der Waals surface area contributed by atoms with Crippen molar-refractivity contribution in [3.63, 3.8) is 0 Å². The van der Waals surface area contributed by atoms with Crippen LogP contribution in [0.5, 0.6) is 5.75 Å². The maximum atomic E-state index is 12.1. The van der Waals surface area contributed by atoms with Gasteiger partial charge in [-0.3, -0.25) is 4.79 Å². The number of halogens is 1. The Bertz CT molecular complexity index is 784. The molecule has 0 aliphatic carbocycles. The number of nitrogens with zero attached hydrogens (tertiary/aromatic N) is 1. The highest BCUT2D eigenvalue weighted by Crippen LogP contribution is 2.21. The van der Waals surface area contributed by atoms with E-state index in [-0.39, 0.29) is 5.91 Å². The number of ether oxygens (including phenoxy) is 1. The summed E-state index contributed by atoms with van der Waals surface area (Å²) in [7, 11) is 0. The van der Waals surface area contributed by atoms with E-state index in [4.69, 9.17) is 4.74 Å². The monoisotopic (exact) mass is 390 g/mol. The molecule has 4 nitrogen and oxygen atoms in total. The minimum Gasteiger partial charge on any atom is -0.481 e. The number of amides is 1. The van der Waals surface area contributed by atoms with E-state index in [9.17, 15) is 4.79 Å². The van der Waals surface area contributed by atoms with Crippen molar-refractivity contribution in [1.29, 1.82) is 0 Å². The van der Waals surface area contributed by atoms with Crippen molar-refractivity contribution in [2.75, 3.05) is 0 Å². The van der Waals surface area contributed by atoms with Crippen LogP contribution in [0.1, 0.15) is 11.9 Å². The predicted molar refractivity (Wildman–Crippen MR) is 95.7 cm³/mol. The molecule has 0 aliphatic rings. The standard InChI is InChI=1S/C17H15BrN2O2S/c1-11(22-13-8-6-12(18)7-9-13)17(21)19-10-16-20-14-4-2-3-5-15(14)23-16/h2-9,11H,10H2,1H3,(H,19,21). The van der Waals surface area contributed by atoms with E-state index in [0.29, 0.717) is 12.3 Å². The van der Waals surface area contributed by atoms with E-state index >= 15 is 0 Å². The third-order valence-corrected chi connectivity index (χ3v) is 4.81. The molecule has 1 heterocycles. The van der Waals surface area contributed by atoms with Gasteiger partial charge >= 0.3 is 0 Å². The van der Waals surface area contributed by atoms with Gasteiger partial charge in [-0.2, -0.15) is 0 Å². The van der Waals surface area contributed by atoms with Gasteiger partial charge in [0.15, 0.2) is 6.10 Å². The summed E-state index contributed by atoms with van der Waals surface area (Å²) in [5.74, 6) is 0.503. The van der Waals surface area contributed by atoms with Crippen molar-refractivity contribution in [3.05, 3.63) is 58.0 Å². The quantitative estimate of drug-likeness (QED) is 0.711. The Balaban J connectivity index is 1.56. The van der Waals surface area contributed by atoms with E-state index in [1.807, 2.05) is 48.5 Å². The molecule has 0 saturated carbocycles. The SMILES string of the molecule is CC(Oc1ccc(Br)cc1)C(=O)NCc1nc2ccccc2s1. The highest BCUT2D eigenvalue weighted by atomic mass is 79.9. The zero-order valence-corrected chi connectivity index (χ0v) is 14.9. The molecule has 6 heteroatoms. The Morgan fingerprint density at radius 1 is 1.26 bits per heavy atom. The first kappa shape index (κ1) is 16.0. The van der Waals surface area contributed by atoms with E-state index in [1.165, 1.54) is 0 Å². The predicted octanol–water partition coefficient (Wildman–Crippen LogP) is 4.14. The van der Waals surface area contributed by atoms with Crippen LogP contribution in [-0.4, -0.2) is 17.0 Å². The third kappa shape index (κ3) is 4.09. The van der Waals surface area contributed by atoms with Crippen LogP contribution >= 0.6 is 27.3 Å². The Hall–Kier alpha value is -1.92. The van der Waals surface area contributed by atoms with Crippen LogP contribution in [-0.2, 0) is 11.3 Å². The Kier molecular flexibility index (Phi) is 4.93. The Morgan fingerprint density at radius 2 is 2.00 bits per heavy atom. The fraction of sp³-hybridized carbons (Fsp3) is 0.176. The van der Waals surface area contributed by atoms with Crippen LogP contribution in [0, 0.1) is 0 Å². The molecule has 118 valence electrons. The maximum absolute atomic E-state index is 12.1. The van der Waals surface area contributed by atoms with Crippen LogP contribution in [0.4, 0.5) is 0 Å². The molecule has 0 bridgehead atoms. The number of hydrogen-bond donors (Lipinski definition) is 1. The average molecular weight is 391 g/mol. The van der Waals surface area contributed by atoms with Crippen LogP contribution in [0.15, 0.2) is 53.0 Å². The van der Waals surface area contributed by atoms with Crippen LogP contribution in [0.3, 0.4) is 0 Å². The number of rotatable bonds is 5. The molecule has 0 aliphatic heterocycles. The van der Waals surface area contributed by atoms with Crippen molar-refractivity contribution in [2.24, 2.45) is 0 Å². The second-order valence-corrected chi connectivity index (χ2v) is 7.04. The summed E-state index contributed by atoms with van der Waals surface area (Å²) in [6, 6.07) is 15.3. The zero-order valence-electron chi connectivity index (χ0n) is 12.5. The molecule has 1 amide bonds. The fourth-order valence-electron chi connectivity index (χ4n) is 2.07. The molecular weight excluding hydrogens is 376 g/mol. The summed E-state index contributed by atoms with van der Waals surface area (Å²) >= 11 is 4.95. The van der Waals surface area contributed by atoms with Gasteiger partial charge in [0.1, 0.15) is 10.8 Å². The van der Waals surface area contributed by atoms with Gasteiger partial charge in [-0.15, -0.1) is 11.3 Å². The van der Waals surface area contributed by atoms with Crippen LogP contribution in [0.25, 0.3) is 10.2 Å². The van der Waals surface area contributed by atoms with Crippen molar-refractivity contribution < 1.29 is 9.53 Å². The molecular formula is C17H15BrN2O2S. The molecule has 3 aromatic rings. The van der Waals surface area contributed by atoms with E-state index in [2.05, 4.69) is 26.2 Å². The number of aromatic nitrogens is 1. The fourth-order valence-corrected chi connectivity index (χ4v) is 3.24. The van der Waals surface area contributed by atoms with Gasteiger partial charge < -0.3 is 10.1 Å². The summed E-state index contributed by atoms with van der Waals surface area (Å²) in [5.41, 5.74) is 0.959. The van der Waals surface area contributed by atoms with Crippen molar-refractivity contribution in [1.82, 2.24) is 10.3 Å². The molecule has 1 unspecified atom stereocenters. The van der Waals surface area contributed by atoms with Gasteiger partial charge in [0.05, 0.1) is 16.8 Å². The normalized spacial score (nSPS) is 12.1. The number of carbonyl (C=O) groups excluding carboxylic acids is 1. The first-order valence-corrected chi connectivity index (χ1v) is 8.77. The number of carbonyl (C=O) groups is 1. The number of fused-ring (bicyclic) bond motifs is 1. The molecule has 23 heavy (non-hydrogen) atoms. The third-order valence-electron chi connectivity index (χ3n) is 3.25. The number of para-hydroxylation sites is 1. The Labute approximate surface area is 146 Å². The minimum absolute atomic E-state index is 0.160. The molecule has 2 aromatic carbocycles. The number of hydrogen-bond acceptors (Lipinski definition) is 4. The first-order valence-electron chi connectivity index (χ1n) is 7.16. The highest BCUT2D eigenvalue weighted by Gasteiger charge is 2.15. The molecule has 0 spiro atoms. The van der Waals surface area contributed by atoms with Gasteiger partial charge in [0.25, 0.3) is 5.91 Å². The lowest BCUT2D eigenvalue weighted by Crippen LogP contribution is -2.35. The van der Waals surface area contributed by atoms with Crippen LogP contribution < -0.4 is 10.1 Å².